The number of ether oxygens (including phenoxy) is 1. The molecule has 1 aromatic carbocycles. The maximum Gasteiger partial charge on any atom is 0.283 e. The van der Waals surface area contributed by atoms with Gasteiger partial charge in [0.05, 0.1) is 19.8 Å². The lowest BCUT2D eigenvalue weighted by Gasteiger charge is -2.06. The Morgan fingerprint density at radius 3 is 3.05 bits per heavy atom. The molecule has 0 radical (unpaired) electrons. The first kappa shape index (κ1) is 12.2. The Balaban J connectivity index is 1.74. The Labute approximate surface area is 119 Å². The topological polar surface area (TPSA) is 74.8 Å². The smallest absolute Gasteiger partial charge is 0.283 e. The Morgan fingerprint density at radius 2 is 2.14 bits per heavy atom. The number of rotatable bonds is 2. The molecule has 3 heterocycles. The summed E-state index contributed by atoms with van der Waals surface area (Å²) in [5.74, 6) is 0. The summed E-state index contributed by atoms with van der Waals surface area (Å²) in [4.78, 5) is 16.6. The van der Waals surface area contributed by atoms with Gasteiger partial charge in [-0.1, -0.05) is 23.4 Å². The highest BCUT2D eigenvalue weighted by atomic mass is 16.5. The molecule has 2 aromatic heterocycles. The third-order valence-electron chi connectivity index (χ3n) is 3.72. The second-order valence-electron chi connectivity index (χ2n) is 5.16. The van der Waals surface area contributed by atoms with Gasteiger partial charge in [-0.05, 0) is 16.7 Å². The van der Waals surface area contributed by atoms with Crippen LogP contribution in [0.2, 0.25) is 0 Å². The van der Waals surface area contributed by atoms with E-state index in [4.69, 9.17) is 4.74 Å². The van der Waals surface area contributed by atoms with Crippen molar-refractivity contribution in [1.29, 1.82) is 0 Å². The quantitative estimate of drug-likeness (QED) is 0.688. The van der Waals surface area contributed by atoms with Gasteiger partial charge in [-0.3, -0.25) is 9.36 Å². The van der Waals surface area contributed by atoms with Crippen LogP contribution >= 0.6 is 0 Å². The first-order valence-corrected chi connectivity index (χ1v) is 6.65. The molecule has 0 aliphatic carbocycles. The van der Waals surface area contributed by atoms with Gasteiger partial charge in [0, 0.05) is 7.05 Å². The average Bonchev–Trinajstić information content (AvgIpc) is 3.09. The van der Waals surface area contributed by atoms with E-state index in [-0.39, 0.29) is 5.56 Å². The van der Waals surface area contributed by atoms with Crippen LogP contribution in [0.4, 0.5) is 0 Å². The minimum Gasteiger partial charge on any atom is -0.372 e. The fourth-order valence-electron chi connectivity index (χ4n) is 2.58. The van der Waals surface area contributed by atoms with E-state index in [0.717, 1.165) is 5.56 Å². The molecule has 0 fully saturated rings. The number of aromatic nitrogens is 5. The number of aryl methyl sites for hydroxylation is 1. The molecule has 106 valence electrons. The molecular weight excluding hydrogens is 270 g/mol. The standard InChI is InChI=1S/C14H13N5O2/c1-18-13-12(16-17-18)14(20)19(8-15-13)5-9-2-3-10-6-21-7-11(10)4-9/h2-4,8H,5-7H2,1H3. The van der Waals surface area contributed by atoms with Crippen molar-refractivity contribution in [2.75, 3.05) is 0 Å². The molecule has 7 heteroatoms. The number of benzene rings is 1. The molecule has 0 atom stereocenters. The van der Waals surface area contributed by atoms with Gasteiger partial charge in [-0.25, -0.2) is 9.67 Å². The Bertz CT molecular complexity index is 896. The van der Waals surface area contributed by atoms with Crippen LogP contribution in [0, 0.1) is 0 Å². The lowest BCUT2D eigenvalue weighted by atomic mass is 10.1. The first-order chi connectivity index (χ1) is 10.2. The number of nitrogens with zero attached hydrogens (tertiary/aromatic N) is 5. The third kappa shape index (κ3) is 1.93. The van der Waals surface area contributed by atoms with Crippen molar-refractivity contribution in [3.05, 3.63) is 51.6 Å². The third-order valence-corrected chi connectivity index (χ3v) is 3.72. The van der Waals surface area contributed by atoms with Gasteiger partial charge in [0.1, 0.15) is 6.33 Å². The molecule has 0 spiro atoms. The van der Waals surface area contributed by atoms with Gasteiger partial charge in [-0.15, -0.1) is 5.10 Å². The Hall–Kier alpha value is -2.54. The Kier molecular flexibility index (Phi) is 2.61. The molecule has 7 nitrogen and oxygen atoms in total. The van der Waals surface area contributed by atoms with Crippen molar-refractivity contribution >= 4 is 11.2 Å². The summed E-state index contributed by atoms with van der Waals surface area (Å²) in [5.41, 5.74) is 4.07. The van der Waals surface area contributed by atoms with Gasteiger partial charge >= 0.3 is 0 Å². The fraction of sp³-hybridized carbons (Fsp3) is 0.286. The van der Waals surface area contributed by atoms with Crippen LogP contribution in [0.5, 0.6) is 0 Å². The minimum atomic E-state index is -0.176. The van der Waals surface area contributed by atoms with Gasteiger partial charge in [0.2, 0.25) is 0 Å². The van der Waals surface area contributed by atoms with Crippen LogP contribution in [0.3, 0.4) is 0 Å². The zero-order valence-corrected chi connectivity index (χ0v) is 11.5. The van der Waals surface area contributed by atoms with Crippen molar-refractivity contribution in [3.63, 3.8) is 0 Å². The van der Waals surface area contributed by atoms with E-state index in [0.29, 0.717) is 30.9 Å². The van der Waals surface area contributed by atoms with Crippen molar-refractivity contribution in [2.45, 2.75) is 19.8 Å². The van der Waals surface area contributed by atoms with Crippen molar-refractivity contribution in [3.8, 4) is 0 Å². The number of fused-ring (bicyclic) bond motifs is 2. The van der Waals surface area contributed by atoms with Gasteiger partial charge in [-0.2, -0.15) is 0 Å². The minimum absolute atomic E-state index is 0.176. The highest BCUT2D eigenvalue weighted by Crippen LogP contribution is 2.21. The van der Waals surface area contributed by atoms with E-state index in [1.165, 1.54) is 22.1 Å². The highest BCUT2D eigenvalue weighted by Gasteiger charge is 2.13. The van der Waals surface area contributed by atoms with Gasteiger partial charge < -0.3 is 4.74 Å². The summed E-state index contributed by atoms with van der Waals surface area (Å²) in [5, 5.41) is 7.70. The summed E-state index contributed by atoms with van der Waals surface area (Å²) in [6.45, 7) is 1.77. The van der Waals surface area contributed by atoms with Crippen molar-refractivity contribution in [2.24, 2.45) is 7.05 Å². The van der Waals surface area contributed by atoms with E-state index in [1.54, 1.807) is 11.6 Å². The van der Waals surface area contributed by atoms with E-state index < -0.39 is 0 Å². The molecule has 1 aliphatic heterocycles. The zero-order chi connectivity index (χ0) is 14.4. The molecule has 21 heavy (non-hydrogen) atoms. The molecule has 0 saturated carbocycles. The maximum atomic E-state index is 12.4. The van der Waals surface area contributed by atoms with Crippen LogP contribution in [-0.4, -0.2) is 24.5 Å². The summed E-state index contributed by atoms with van der Waals surface area (Å²) < 4.78 is 8.45. The van der Waals surface area contributed by atoms with Crippen LogP contribution in [0.25, 0.3) is 11.2 Å². The summed E-state index contributed by atoms with van der Waals surface area (Å²) >= 11 is 0. The van der Waals surface area contributed by atoms with Crippen LogP contribution in [0.15, 0.2) is 29.3 Å². The second-order valence-corrected chi connectivity index (χ2v) is 5.16. The summed E-state index contributed by atoms with van der Waals surface area (Å²) in [7, 11) is 1.71. The molecule has 0 bridgehead atoms. The molecular formula is C14H13N5O2. The van der Waals surface area contributed by atoms with Gasteiger partial charge in [0.25, 0.3) is 5.56 Å². The average molecular weight is 283 g/mol. The zero-order valence-electron chi connectivity index (χ0n) is 11.5. The molecule has 1 aliphatic rings. The second kappa shape index (κ2) is 4.49. The van der Waals surface area contributed by atoms with Crippen LogP contribution < -0.4 is 5.56 Å². The fourth-order valence-corrected chi connectivity index (χ4v) is 2.58. The van der Waals surface area contributed by atoms with Crippen LogP contribution in [0.1, 0.15) is 16.7 Å². The maximum absolute atomic E-state index is 12.4. The van der Waals surface area contributed by atoms with E-state index in [9.17, 15) is 4.79 Å². The van der Waals surface area contributed by atoms with E-state index in [2.05, 4.69) is 27.4 Å². The molecule has 0 saturated heterocycles. The predicted molar refractivity (Wildman–Crippen MR) is 74.6 cm³/mol. The highest BCUT2D eigenvalue weighted by molar-refractivity contribution is 5.67. The monoisotopic (exact) mass is 283 g/mol. The van der Waals surface area contributed by atoms with Crippen molar-refractivity contribution in [1.82, 2.24) is 24.5 Å². The SMILES string of the molecule is Cn1nnc2c(=O)n(Cc3ccc4c(c3)COC4)cnc21. The van der Waals surface area contributed by atoms with E-state index in [1.807, 2.05) is 6.07 Å². The molecule has 0 amide bonds. The van der Waals surface area contributed by atoms with Crippen molar-refractivity contribution < 1.29 is 4.74 Å². The predicted octanol–water partition coefficient (Wildman–Crippen LogP) is 0.603. The summed E-state index contributed by atoms with van der Waals surface area (Å²) in [6, 6.07) is 6.15. The summed E-state index contributed by atoms with van der Waals surface area (Å²) in [6.07, 6.45) is 1.54. The largest absolute Gasteiger partial charge is 0.372 e. The van der Waals surface area contributed by atoms with E-state index >= 15 is 0 Å². The normalized spacial score (nSPS) is 13.8. The lowest BCUT2D eigenvalue weighted by Crippen LogP contribution is -2.21. The molecule has 3 aromatic rings. The number of hydrogen-bond acceptors (Lipinski definition) is 5. The molecule has 0 N–H and O–H groups in total. The first-order valence-electron chi connectivity index (χ1n) is 6.65. The lowest BCUT2D eigenvalue weighted by molar-refractivity contribution is 0.134. The molecule has 4 rings (SSSR count). The number of hydrogen-bond donors (Lipinski definition) is 0. The Morgan fingerprint density at radius 1 is 1.29 bits per heavy atom. The van der Waals surface area contributed by atoms with Crippen LogP contribution in [-0.2, 0) is 31.5 Å². The van der Waals surface area contributed by atoms with Gasteiger partial charge in [0.15, 0.2) is 11.2 Å². The molecule has 0 unspecified atom stereocenters.